The zero-order chi connectivity index (χ0) is 33.6. The van der Waals surface area contributed by atoms with Gasteiger partial charge in [-0.05, 0) is 72.3 Å². The standard InChI is InChI=1S/C30H23ClF3N3O8S/c1-2-3-11-44-28(40)21-15-19(8-9-22(21)31)35-26(38)16-36-27(39)25(46-29(36)41)13-17-5-4-6-20(12-17)45-24-10-7-18(30(32,33)34)14-23(24)37(42)43/h4-10,12-15H,2-3,11,16H2,1H3,(H,35,38)/b25-13+. The molecule has 0 aromatic heterocycles. The molecule has 1 aliphatic rings. The minimum Gasteiger partial charge on any atom is -0.462 e. The molecular weight excluding hydrogens is 655 g/mol. The Hall–Kier alpha value is -4.89. The highest BCUT2D eigenvalue weighted by Crippen LogP contribution is 2.38. The van der Waals surface area contributed by atoms with Crippen LogP contribution in [0.1, 0.15) is 41.3 Å². The van der Waals surface area contributed by atoms with Gasteiger partial charge in [0.1, 0.15) is 12.3 Å². The number of halogens is 4. The second kappa shape index (κ2) is 14.5. The number of ether oxygens (including phenoxy) is 2. The molecule has 0 saturated carbocycles. The highest BCUT2D eigenvalue weighted by Gasteiger charge is 2.36. The van der Waals surface area contributed by atoms with Crippen LogP contribution < -0.4 is 10.1 Å². The lowest BCUT2D eigenvalue weighted by Crippen LogP contribution is -2.36. The van der Waals surface area contributed by atoms with Gasteiger partial charge >= 0.3 is 17.8 Å². The number of anilines is 1. The molecule has 3 aromatic rings. The van der Waals surface area contributed by atoms with E-state index in [-0.39, 0.29) is 33.5 Å². The molecule has 0 bridgehead atoms. The van der Waals surface area contributed by atoms with Crippen LogP contribution in [0.3, 0.4) is 0 Å². The number of thioether (sulfide) groups is 1. The number of nitrogens with zero attached hydrogens (tertiary/aromatic N) is 2. The van der Waals surface area contributed by atoms with E-state index in [1.165, 1.54) is 48.5 Å². The van der Waals surface area contributed by atoms with Crippen LogP contribution in [0.5, 0.6) is 11.5 Å². The van der Waals surface area contributed by atoms with Gasteiger partial charge in [0, 0.05) is 11.8 Å². The van der Waals surface area contributed by atoms with Gasteiger partial charge in [0.2, 0.25) is 11.7 Å². The predicted octanol–water partition coefficient (Wildman–Crippen LogP) is 7.69. The number of alkyl halides is 3. The van der Waals surface area contributed by atoms with Gasteiger partial charge < -0.3 is 14.8 Å². The SMILES string of the molecule is CCCCOC(=O)c1cc(NC(=O)CN2C(=O)S/C(=C/c3cccc(Oc4ccc(C(F)(F)F)cc4[N+](=O)[O-])c3)C2=O)ccc1Cl. The first-order valence-corrected chi connectivity index (χ1v) is 14.6. The molecule has 11 nitrogen and oxygen atoms in total. The molecule has 1 heterocycles. The van der Waals surface area contributed by atoms with Crippen molar-refractivity contribution in [2.24, 2.45) is 0 Å². The number of hydrogen-bond acceptors (Lipinski definition) is 9. The van der Waals surface area contributed by atoms with Crippen molar-refractivity contribution in [1.29, 1.82) is 0 Å². The summed E-state index contributed by atoms with van der Waals surface area (Å²) in [5, 5.41) is 13.3. The van der Waals surface area contributed by atoms with Crippen LogP contribution in [-0.4, -0.2) is 46.0 Å². The Morgan fingerprint density at radius 3 is 2.57 bits per heavy atom. The molecule has 3 amide bonds. The van der Waals surface area contributed by atoms with Crippen molar-refractivity contribution in [2.75, 3.05) is 18.5 Å². The minimum atomic E-state index is -4.80. The Morgan fingerprint density at radius 1 is 1.11 bits per heavy atom. The van der Waals surface area contributed by atoms with Crippen LogP contribution in [-0.2, 0) is 20.5 Å². The van der Waals surface area contributed by atoms with E-state index in [2.05, 4.69) is 5.32 Å². The molecule has 1 N–H and O–H groups in total. The van der Waals surface area contributed by atoms with Crippen molar-refractivity contribution >= 4 is 63.8 Å². The third-order valence-electron chi connectivity index (χ3n) is 6.24. The number of nitro benzene ring substituents is 1. The number of rotatable bonds is 11. The molecule has 0 unspecified atom stereocenters. The molecule has 1 saturated heterocycles. The number of nitrogens with one attached hydrogen (secondary N) is 1. The van der Waals surface area contributed by atoms with E-state index in [1.807, 2.05) is 6.92 Å². The van der Waals surface area contributed by atoms with E-state index in [0.29, 0.717) is 40.8 Å². The number of amides is 3. The van der Waals surface area contributed by atoms with Crippen molar-refractivity contribution in [3.05, 3.63) is 97.4 Å². The second-order valence-corrected chi connectivity index (χ2v) is 11.0. The number of carbonyl (C=O) groups excluding carboxylic acids is 4. The lowest BCUT2D eigenvalue weighted by molar-refractivity contribution is -0.385. The monoisotopic (exact) mass is 677 g/mol. The third kappa shape index (κ3) is 8.43. The molecule has 4 rings (SSSR count). The van der Waals surface area contributed by atoms with Gasteiger partial charge in [-0.25, -0.2) is 4.79 Å². The van der Waals surface area contributed by atoms with Crippen molar-refractivity contribution in [3.8, 4) is 11.5 Å². The topological polar surface area (TPSA) is 145 Å². The first kappa shape index (κ1) is 34.0. The Morgan fingerprint density at radius 2 is 1.87 bits per heavy atom. The highest BCUT2D eigenvalue weighted by molar-refractivity contribution is 8.18. The molecule has 1 aliphatic heterocycles. The number of imide groups is 1. The van der Waals surface area contributed by atoms with Gasteiger partial charge in [-0.15, -0.1) is 0 Å². The maximum atomic E-state index is 13.0. The largest absolute Gasteiger partial charge is 0.462 e. The summed E-state index contributed by atoms with van der Waals surface area (Å²) < 4.78 is 49.7. The Kier molecular flexibility index (Phi) is 10.7. The molecule has 46 heavy (non-hydrogen) atoms. The first-order chi connectivity index (χ1) is 21.8. The zero-order valence-corrected chi connectivity index (χ0v) is 25.3. The summed E-state index contributed by atoms with van der Waals surface area (Å²) in [6.45, 7) is 1.50. The lowest BCUT2D eigenvalue weighted by atomic mass is 10.1. The van der Waals surface area contributed by atoms with Crippen LogP contribution in [0, 0.1) is 10.1 Å². The number of esters is 1. The fourth-order valence-corrected chi connectivity index (χ4v) is 5.03. The van der Waals surface area contributed by atoms with Crippen molar-refractivity contribution in [3.63, 3.8) is 0 Å². The van der Waals surface area contributed by atoms with E-state index in [0.717, 1.165) is 12.5 Å². The van der Waals surface area contributed by atoms with Crippen molar-refractivity contribution < 1.29 is 46.7 Å². The molecule has 0 radical (unpaired) electrons. The normalized spacial score (nSPS) is 14.0. The zero-order valence-electron chi connectivity index (χ0n) is 23.8. The number of hydrogen-bond donors (Lipinski definition) is 1. The van der Waals surface area contributed by atoms with Gasteiger partial charge in [0.25, 0.3) is 11.1 Å². The van der Waals surface area contributed by atoms with Crippen LogP contribution in [0.2, 0.25) is 5.02 Å². The first-order valence-electron chi connectivity index (χ1n) is 13.4. The summed E-state index contributed by atoms with van der Waals surface area (Å²) in [5.41, 5.74) is -1.58. The van der Waals surface area contributed by atoms with Crippen LogP contribution >= 0.6 is 23.4 Å². The van der Waals surface area contributed by atoms with Crippen LogP contribution in [0.15, 0.2) is 65.6 Å². The van der Waals surface area contributed by atoms with Gasteiger partial charge in [0.15, 0.2) is 0 Å². The third-order valence-corrected chi connectivity index (χ3v) is 7.48. The Balaban J connectivity index is 1.44. The minimum absolute atomic E-state index is 0.00629. The summed E-state index contributed by atoms with van der Waals surface area (Å²) in [5.74, 6) is -2.61. The molecule has 0 spiro atoms. The van der Waals surface area contributed by atoms with Crippen LogP contribution in [0.25, 0.3) is 6.08 Å². The fourth-order valence-electron chi connectivity index (χ4n) is 4.00. The smallest absolute Gasteiger partial charge is 0.416 e. The van der Waals surface area contributed by atoms with Crippen LogP contribution in [0.4, 0.5) is 29.3 Å². The molecule has 0 aliphatic carbocycles. The maximum Gasteiger partial charge on any atom is 0.416 e. The summed E-state index contributed by atoms with van der Waals surface area (Å²) >= 11 is 6.66. The average Bonchev–Trinajstić information content (AvgIpc) is 3.25. The van der Waals surface area contributed by atoms with Gasteiger partial charge in [-0.3, -0.25) is 29.4 Å². The molecule has 240 valence electrons. The number of benzene rings is 3. The maximum absolute atomic E-state index is 13.0. The lowest BCUT2D eigenvalue weighted by Gasteiger charge is -2.13. The van der Waals surface area contributed by atoms with E-state index >= 15 is 0 Å². The summed E-state index contributed by atoms with van der Waals surface area (Å²) in [6, 6.07) is 11.7. The number of carbonyl (C=O) groups is 4. The van der Waals surface area contributed by atoms with Gasteiger partial charge in [-0.2, -0.15) is 13.2 Å². The summed E-state index contributed by atoms with van der Waals surface area (Å²) in [7, 11) is 0. The molecular formula is C30H23ClF3N3O8S. The van der Waals surface area contributed by atoms with Crippen molar-refractivity contribution in [1.82, 2.24) is 4.90 Å². The van der Waals surface area contributed by atoms with Crippen molar-refractivity contribution in [2.45, 2.75) is 25.9 Å². The van der Waals surface area contributed by atoms with E-state index in [9.17, 15) is 42.5 Å². The fraction of sp³-hybridized carbons (Fsp3) is 0.200. The summed E-state index contributed by atoms with van der Waals surface area (Å²) in [6.07, 6.45) is -1.99. The number of nitro groups is 1. The molecule has 3 aromatic carbocycles. The number of unbranched alkanes of at least 4 members (excludes halogenated alkanes) is 1. The Labute approximate surface area is 268 Å². The summed E-state index contributed by atoms with van der Waals surface area (Å²) in [4.78, 5) is 61.7. The molecule has 16 heteroatoms. The quantitative estimate of drug-likeness (QED) is 0.0709. The van der Waals surface area contributed by atoms with E-state index < -0.39 is 57.7 Å². The van der Waals surface area contributed by atoms with E-state index in [1.54, 1.807) is 0 Å². The van der Waals surface area contributed by atoms with Gasteiger partial charge in [-0.1, -0.05) is 37.1 Å². The average molecular weight is 678 g/mol. The molecule has 1 fully saturated rings. The molecule has 0 atom stereocenters. The Bertz CT molecular complexity index is 1750. The predicted molar refractivity (Wildman–Crippen MR) is 163 cm³/mol. The van der Waals surface area contributed by atoms with Gasteiger partial charge in [0.05, 0.1) is 32.6 Å². The van der Waals surface area contributed by atoms with E-state index in [4.69, 9.17) is 21.1 Å². The highest BCUT2D eigenvalue weighted by atomic mass is 35.5. The second-order valence-electron chi connectivity index (χ2n) is 9.61.